The molecule has 0 spiro atoms. The van der Waals surface area contributed by atoms with E-state index in [1.807, 2.05) is 6.08 Å². The van der Waals surface area contributed by atoms with Gasteiger partial charge in [0.15, 0.2) is 0 Å². The van der Waals surface area contributed by atoms with Crippen molar-refractivity contribution < 1.29 is 5.11 Å². The maximum atomic E-state index is 8.63. The van der Waals surface area contributed by atoms with Crippen molar-refractivity contribution in [3.05, 3.63) is 24.3 Å². The molecule has 0 aliphatic heterocycles. The number of allylic oxidation sites excluding steroid dienone is 3. The highest BCUT2D eigenvalue weighted by molar-refractivity contribution is 4.83. The Morgan fingerprint density at radius 1 is 0.727 bits per heavy atom. The molecule has 0 amide bonds. The third-order valence-corrected chi connectivity index (χ3v) is 4.05. The van der Waals surface area contributed by atoms with Gasteiger partial charge in [0.25, 0.3) is 0 Å². The summed E-state index contributed by atoms with van der Waals surface area (Å²) in [5.41, 5.74) is 6.11. The zero-order chi connectivity index (χ0) is 16.3. The molecule has 0 bridgehead atoms. The molecule has 0 aromatic rings. The molecule has 0 saturated heterocycles. The fraction of sp³-hybridized carbons (Fsp3) is 0.800. The van der Waals surface area contributed by atoms with Crippen LogP contribution in [-0.2, 0) is 0 Å². The number of aliphatic hydroxyl groups is 1. The lowest BCUT2D eigenvalue weighted by atomic mass is 10.0. The standard InChI is InChI=1S/C20H39NO/c1-2-3-4-5-6-7-8-9-10-11-14-17-20(21)18-15-12-13-16-19-22/h9-10,13,16,20,22H,2-8,11-12,14-15,17-19,21H2,1H3/b10-9-,16-13?. The van der Waals surface area contributed by atoms with Gasteiger partial charge in [0.1, 0.15) is 0 Å². The molecule has 0 saturated carbocycles. The van der Waals surface area contributed by atoms with Crippen LogP contribution < -0.4 is 5.73 Å². The van der Waals surface area contributed by atoms with Crippen LogP contribution in [0.2, 0.25) is 0 Å². The van der Waals surface area contributed by atoms with Gasteiger partial charge < -0.3 is 10.8 Å². The molecule has 0 rings (SSSR count). The van der Waals surface area contributed by atoms with Crippen molar-refractivity contribution in [3.8, 4) is 0 Å². The van der Waals surface area contributed by atoms with Crippen LogP contribution in [0.3, 0.4) is 0 Å². The smallest absolute Gasteiger partial charge is 0.0612 e. The lowest BCUT2D eigenvalue weighted by Gasteiger charge is -2.09. The first kappa shape index (κ1) is 21.4. The number of aliphatic hydroxyl groups excluding tert-OH is 1. The van der Waals surface area contributed by atoms with Crippen molar-refractivity contribution in [3.63, 3.8) is 0 Å². The van der Waals surface area contributed by atoms with E-state index in [-0.39, 0.29) is 6.61 Å². The number of rotatable bonds is 16. The van der Waals surface area contributed by atoms with Crippen molar-refractivity contribution in [2.45, 2.75) is 96.4 Å². The van der Waals surface area contributed by atoms with Crippen LogP contribution in [0.1, 0.15) is 90.4 Å². The van der Waals surface area contributed by atoms with Crippen LogP contribution in [0, 0.1) is 0 Å². The van der Waals surface area contributed by atoms with E-state index in [4.69, 9.17) is 10.8 Å². The van der Waals surface area contributed by atoms with Crippen molar-refractivity contribution in [2.24, 2.45) is 5.73 Å². The number of nitrogens with two attached hydrogens (primary N) is 1. The zero-order valence-electron chi connectivity index (χ0n) is 14.8. The molecule has 0 heterocycles. The highest BCUT2D eigenvalue weighted by Crippen LogP contribution is 2.09. The highest BCUT2D eigenvalue weighted by Gasteiger charge is 2.00. The average Bonchev–Trinajstić information content (AvgIpc) is 2.52. The van der Waals surface area contributed by atoms with Crippen molar-refractivity contribution in [2.75, 3.05) is 6.61 Å². The van der Waals surface area contributed by atoms with Gasteiger partial charge in [0.2, 0.25) is 0 Å². The zero-order valence-corrected chi connectivity index (χ0v) is 14.8. The second-order valence-corrected chi connectivity index (χ2v) is 6.30. The fourth-order valence-electron chi connectivity index (χ4n) is 2.61. The summed E-state index contributed by atoms with van der Waals surface area (Å²) in [6.45, 7) is 2.42. The monoisotopic (exact) mass is 309 g/mol. The molecule has 3 N–H and O–H groups in total. The maximum Gasteiger partial charge on any atom is 0.0612 e. The molecule has 130 valence electrons. The van der Waals surface area contributed by atoms with Crippen LogP contribution in [0.25, 0.3) is 0 Å². The summed E-state index contributed by atoms with van der Waals surface area (Å²) in [4.78, 5) is 0. The van der Waals surface area contributed by atoms with Gasteiger partial charge in [-0.3, -0.25) is 0 Å². The predicted molar refractivity (Wildman–Crippen MR) is 99.0 cm³/mol. The van der Waals surface area contributed by atoms with Crippen LogP contribution in [0.4, 0.5) is 0 Å². The lowest BCUT2D eigenvalue weighted by Crippen LogP contribution is -2.19. The molecule has 0 aromatic heterocycles. The van der Waals surface area contributed by atoms with Crippen molar-refractivity contribution >= 4 is 0 Å². The number of hydrogen-bond donors (Lipinski definition) is 2. The molecule has 2 nitrogen and oxygen atoms in total. The molecule has 0 fully saturated rings. The maximum absolute atomic E-state index is 8.63. The van der Waals surface area contributed by atoms with E-state index in [1.54, 1.807) is 6.08 Å². The first-order valence-electron chi connectivity index (χ1n) is 9.47. The Bertz CT molecular complexity index is 260. The first-order chi connectivity index (χ1) is 10.8. The minimum absolute atomic E-state index is 0.150. The van der Waals surface area contributed by atoms with E-state index in [1.165, 1.54) is 57.8 Å². The minimum Gasteiger partial charge on any atom is -0.392 e. The minimum atomic E-state index is 0.150. The summed E-state index contributed by atoms with van der Waals surface area (Å²) in [5, 5.41) is 8.63. The van der Waals surface area contributed by atoms with E-state index < -0.39 is 0 Å². The number of hydrogen-bond acceptors (Lipinski definition) is 2. The molecule has 0 aromatic carbocycles. The molecule has 1 atom stereocenters. The summed E-state index contributed by atoms with van der Waals surface area (Å²) in [7, 11) is 0. The largest absolute Gasteiger partial charge is 0.392 e. The Morgan fingerprint density at radius 3 is 1.82 bits per heavy atom. The Labute approximate surface area is 138 Å². The third-order valence-electron chi connectivity index (χ3n) is 4.05. The summed E-state index contributed by atoms with van der Waals surface area (Å²) in [5.74, 6) is 0. The van der Waals surface area contributed by atoms with Gasteiger partial charge in [0.05, 0.1) is 6.61 Å². The molecule has 0 radical (unpaired) electrons. The number of unbranched alkanes of at least 4 members (excludes halogenated alkanes) is 8. The van der Waals surface area contributed by atoms with E-state index in [2.05, 4.69) is 19.1 Å². The van der Waals surface area contributed by atoms with E-state index in [0.717, 1.165) is 25.7 Å². The van der Waals surface area contributed by atoms with Gasteiger partial charge in [0, 0.05) is 6.04 Å². The van der Waals surface area contributed by atoms with Gasteiger partial charge in [-0.15, -0.1) is 0 Å². The average molecular weight is 310 g/mol. The van der Waals surface area contributed by atoms with Gasteiger partial charge in [-0.05, 0) is 51.4 Å². The predicted octanol–water partition coefficient (Wildman–Crippen LogP) is 5.51. The van der Waals surface area contributed by atoms with Gasteiger partial charge in [-0.25, -0.2) is 0 Å². The molecule has 2 heteroatoms. The summed E-state index contributed by atoms with van der Waals surface area (Å²) in [6.07, 6.45) is 24.8. The lowest BCUT2D eigenvalue weighted by molar-refractivity contribution is 0.342. The first-order valence-corrected chi connectivity index (χ1v) is 9.47. The van der Waals surface area contributed by atoms with Crippen LogP contribution in [0.15, 0.2) is 24.3 Å². The second-order valence-electron chi connectivity index (χ2n) is 6.30. The molecule has 0 aliphatic carbocycles. The highest BCUT2D eigenvalue weighted by atomic mass is 16.2. The Balaban J connectivity index is 3.26. The Hall–Kier alpha value is -0.600. The fourth-order valence-corrected chi connectivity index (χ4v) is 2.61. The van der Waals surface area contributed by atoms with E-state index >= 15 is 0 Å². The Morgan fingerprint density at radius 2 is 1.23 bits per heavy atom. The normalized spacial score (nSPS) is 13.4. The molecule has 1 unspecified atom stereocenters. The van der Waals surface area contributed by atoms with Crippen molar-refractivity contribution in [1.29, 1.82) is 0 Å². The van der Waals surface area contributed by atoms with E-state index in [0.29, 0.717) is 6.04 Å². The SMILES string of the molecule is CCCCCCCC/C=C\CCCC(N)CCCC=CCO. The summed E-state index contributed by atoms with van der Waals surface area (Å²) in [6, 6.07) is 0.342. The summed E-state index contributed by atoms with van der Waals surface area (Å²) < 4.78 is 0. The van der Waals surface area contributed by atoms with Crippen LogP contribution in [-0.4, -0.2) is 17.8 Å². The van der Waals surface area contributed by atoms with E-state index in [9.17, 15) is 0 Å². The molecular weight excluding hydrogens is 270 g/mol. The van der Waals surface area contributed by atoms with Crippen LogP contribution in [0.5, 0.6) is 0 Å². The van der Waals surface area contributed by atoms with Gasteiger partial charge in [-0.2, -0.15) is 0 Å². The Kier molecular flexibility index (Phi) is 17.9. The second kappa shape index (κ2) is 18.4. The van der Waals surface area contributed by atoms with Gasteiger partial charge >= 0.3 is 0 Å². The van der Waals surface area contributed by atoms with Gasteiger partial charge in [-0.1, -0.05) is 63.3 Å². The van der Waals surface area contributed by atoms with Crippen LogP contribution >= 0.6 is 0 Å². The topological polar surface area (TPSA) is 46.2 Å². The molecular formula is C20H39NO. The summed E-state index contributed by atoms with van der Waals surface area (Å²) >= 11 is 0. The quantitative estimate of drug-likeness (QED) is 0.292. The van der Waals surface area contributed by atoms with Crippen molar-refractivity contribution in [1.82, 2.24) is 0 Å². The third kappa shape index (κ3) is 17.5. The molecule has 0 aliphatic rings. The molecule has 22 heavy (non-hydrogen) atoms.